The van der Waals surface area contributed by atoms with Gasteiger partial charge < -0.3 is 10.2 Å². The molecule has 1 saturated heterocycles. The van der Waals surface area contributed by atoms with E-state index in [1.54, 1.807) is 6.20 Å². The lowest BCUT2D eigenvalue weighted by molar-refractivity contribution is -0.133. The fourth-order valence-corrected chi connectivity index (χ4v) is 4.56. The molecule has 2 fully saturated rings. The molecule has 4 rings (SSSR count). The highest BCUT2D eigenvalue weighted by Crippen LogP contribution is 2.50. The van der Waals surface area contributed by atoms with Crippen molar-refractivity contribution in [2.45, 2.75) is 38.1 Å². The zero-order chi connectivity index (χ0) is 16.5. The van der Waals surface area contributed by atoms with Crippen molar-refractivity contribution in [3.8, 4) is 0 Å². The number of piperidine rings is 1. The largest absolute Gasteiger partial charge is 0.366 e. The molecule has 1 aliphatic carbocycles. The summed E-state index contributed by atoms with van der Waals surface area (Å²) < 4.78 is 0. The monoisotopic (exact) mass is 342 g/mol. The molecule has 6 heteroatoms. The van der Waals surface area contributed by atoms with Crippen LogP contribution >= 0.6 is 11.3 Å². The summed E-state index contributed by atoms with van der Waals surface area (Å²) in [6.45, 7) is 3.80. The number of nitrogens with zero attached hydrogens (tertiary/aromatic N) is 3. The number of aryl methyl sites for hydroxylation is 1. The molecule has 2 aliphatic rings. The number of rotatable bonds is 4. The number of carbonyl (C=O) groups is 1. The van der Waals surface area contributed by atoms with E-state index in [-0.39, 0.29) is 5.92 Å². The molecule has 0 unspecified atom stereocenters. The summed E-state index contributed by atoms with van der Waals surface area (Å²) in [7, 11) is 0. The van der Waals surface area contributed by atoms with E-state index in [2.05, 4.69) is 39.5 Å². The van der Waals surface area contributed by atoms with Crippen LogP contribution < -0.4 is 5.32 Å². The number of likely N-dealkylation sites (tertiary alicyclic amines) is 1. The molecule has 5 nitrogen and oxygen atoms in total. The van der Waals surface area contributed by atoms with Crippen LogP contribution in [0.15, 0.2) is 30.5 Å². The van der Waals surface area contributed by atoms with Crippen molar-refractivity contribution in [3.05, 3.63) is 40.2 Å². The van der Waals surface area contributed by atoms with Gasteiger partial charge in [-0.15, -0.1) is 16.4 Å². The molecule has 0 radical (unpaired) electrons. The second-order valence-electron chi connectivity index (χ2n) is 6.75. The molecule has 1 saturated carbocycles. The number of hydrogen-bond donors (Lipinski definition) is 1. The van der Waals surface area contributed by atoms with Crippen LogP contribution in [-0.2, 0) is 4.79 Å². The maximum Gasteiger partial charge on any atom is 0.226 e. The third-order valence-corrected chi connectivity index (χ3v) is 6.10. The van der Waals surface area contributed by atoms with Gasteiger partial charge in [0.05, 0.1) is 0 Å². The van der Waals surface area contributed by atoms with E-state index in [1.807, 2.05) is 23.5 Å². The third-order valence-electron chi connectivity index (χ3n) is 4.97. The SMILES string of the molecule is Cc1ccc([C@@H]2C[C@@H]2C(=O)N2CCC(Nc3cccnn3)CC2)s1. The molecular weight excluding hydrogens is 320 g/mol. The van der Waals surface area contributed by atoms with Gasteiger partial charge in [-0.1, -0.05) is 0 Å². The van der Waals surface area contributed by atoms with Crippen molar-refractivity contribution in [1.29, 1.82) is 0 Å². The number of hydrogen-bond acceptors (Lipinski definition) is 5. The van der Waals surface area contributed by atoms with E-state index in [9.17, 15) is 4.79 Å². The van der Waals surface area contributed by atoms with Gasteiger partial charge in [0.1, 0.15) is 5.82 Å². The van der Waals surface area contributed by atoms with Crippen LogP contribution in [0.2, 0.25) is 0 Å². The highest BCUT2D eigenvalue weighted by molar-refractivity contribution is 7.12. The predicted molar refractivity (Wildman–Crippen MR) is 95.2 cm³/mol. The quantitative estimate of drug-likeness (QED) is 0.928. The fraction of sp³-hybridized carbons (Fsp3) is 0.500. The minimum Gasteiger partial charge on any atom is -0.366 e. The molecule has 1 aliphatic heterocycles. The van der Waals surface area contributed by atoms with E-state index in [4.69, 9.17) is 0 Å². The lowest BCUT2D eigenvalue weighted by atomic mass is 10.0. The summed E-state index contributed by atoms with van der Waals surface area (Å²) in [4.78, 5) is 17.5. The Kier molecular flexibility index (Phi) is 4.22. The topological polar surface area (TPSA) is 58.1 Å². The zero-order valence-corrected chi connectivity index (χ0v) is 14.6. The molecular formula is C18H22N4OS. The van der Waals surface area contributed by atoms with Gasteiger partial charge in [0.2, 0.25) is 5.91 Å². The van der Waals surface area contributed by atoms with Crippen LogP contribution in [-0.4, -0.2) is 40.1 Å². The Morgan fingerprint density at radius 1 is 1.29 bits per heavy atom. The number of amides is 1. The molecule has 0 bridgehead atoms. The molecule has 2 aromatic heterocycles. The Morgan fingerprint density at radius 3 is 2.79 bits per heavy atom. The summed E-state index contributed by atoms with van der Waals surface area (Å²) in [6, 6.07) is 8.54. The van der Waals surface area contributed by atoms with E-state index >= 15 is 0 Å². The zero-order valence-electron chi connectivity index (χ0n) is 13.8. The van der Waals surface area contributed by atoms with E-state index in [1.165, 1.54) is 9.75 Å². The third kappa shape index (κ3) is 3.29. The molecule has 2 aromatic rings. The van der Waals surface area contributed by atoms with Gasteiger partial charge in [-0.25, -0.2) is 0 Å². The predicted octanol–water partition coefficient (Wildman–Crippen LogP) is 3.05. The van der Waals surface area contributed by atoms with Gasteiger partial charge in [0.15, 0.2) is 0 Å². The summed E-state index contributed by atoms with van der Waals surface area (Å²) in [5, 5.41) is 11.4. The lowest BCUT2D eigenvalue weighted by Gasteiger charge is -2.32. The molecule has 0 aromatic carbocycles. The molecule has 24 heavy (non-hydrogen) atoms. The van der Waals surface area contributed by atoms with Crippen LogP contribution in [0.4, 0.5) is 5.82 Å². The van der Waals surface area contributed by atoms with Crippen LogP contribution in [0.1, 0.15) is 34.9 Å². The van der Waals surface area contributed by atoms with E-state index < -0.39 is 0 Å². The highest BCUT2D eigenvalue weighted by atomic mass is 32.1. The standard InChI is InChI=1S/C18H22N4OS/c1-12-4-5-16(24-12)14-11-15(14)18(23)22-9-6-13(7-10-22)20-17-3-2-8-19-21-17/h2-5,8,13-15H,6-7,9-11H2,1H3,(H,20,21)/t14-,15+/m1/s1. The summed E-state index contributed by atoms with van der Waals surface area (Å²) >= 11 is 1.83. The van der Waals surface area contributed by atoms with E-state index in [0.29, 0.717) is 17.9 Å². The van der Waals surface area contributed by atoms with Crippen molar-refractivity contribution in [1.82, 2.24) is 15.1 Å². The highest BCUT2D eigenvalue weighted by Gasteiger charge is 2.46. The molecule has 126 valence electrons. The Balaban J connectivity index is 1.28. The number of thiophene rings is 1. The smallest absolute Gasteiger partial charge is 0.226 e. The Labute approximate surface area is 146 Å². The van der Waals surface area contributed by atoms with Crippen molar-refractivity contribution >= 4 is 23.1 Å². The first kappa shape index (κ1) is 15.6. The van der Waals surface area contributed by atoms with Gasteiger partial charge in [-0.2, -0.15) is 5.10 Å². The average Bonchev–Trinajstić information content (AvgIpc) is 3.30. The second-order valence-corrected chi connectivity index (χ2v) is 8.07. The first-order chi connectivity index (χ1) is 11.7. The van der Waals surface area contributed by atoms with E-state index in [0.717, 1.165) is 38.2 Å². The van der Waals surface area contributed by atoms with Gasteiger partial charge in [0.25, 0.3) is 0 Å². The molecule has 0 spiro atoms. The van der Waals surface area contributed by atoms with Crippen molar-refractivity contribution in [2.75, 3.05) is 18.4 Å². The van der Waals surface area contributed by atoms with Crippen molar-refractivity contribution in [3.63, 3.8) is 0 Å². The van der Waals surface area contributed by atoms with Crippen molar-refractivity contribution < 1.29 is 4.79 Å². The molecule has 1 amide bonds. The average molecular weight is 342 g/mol. The number of anilines is 1. The van der Waals surface area contributed by atoms with Crippen LogP contribution in [0.3, 0.4) is 0 Å². The van der Waals surface area contributed by atoms with Gasteiger partial charge in [0, 0.05) is 46.9 Å². The minimum atomic E-state index is 0.215. The minimum absolute atomic E-state index is 0.215. The lowest BCUT2D eigenvalue weighted by Crippen LogP contribution is -2.43. The molecule has 1 N–H and O–H groups in total. The van der Waals surface area contributed by atoms with Crippen LogP contribution in [0.5, 0.6) is 0 Å². The first-order valence-corrected chi connectivity index (χ1v) is 9.42. The normalized spacial score (nSPS) is 24.0. The van der Waals surface area contributed by atoms with Crippen LogP contribution in [0, 0.1) is 12.8 Å². The maximum absolute atomic E-state index is 12.7. The summed E-state index contributed by atoms with van der Waals surface area (Å²) in [6.07, 6.45) is 4.64. The summed E-state index contributed by atoms with van der Waals surface area (Å²) in [5.74, 6) is 1.85. The fourth-order valence-electron chi connectivity index (χ4n) is 3.50. The second kappa shape index (κ2) is 6.51. The Bertz CT molecular complexity index is 709. The number of aromatic nitrogens is 2. The van der Waals surface area contributed by atoms with Gasteiger partial charge >= 0.3 is 0 Å². The number of carbonyl (C=O) groups excluding carboxylic acids is 1. The maximum atomic E-state index is 12.7. The summed E-state index contributed by atoms with van der Waals surface area (Å²) in [5.41, 5.74) is 0. The van der Waals surface area contributed by atoms with Crippen molar-refractivity contribution in [2.24, 2.45) is 5.92 Å². The van der Waals surface area contributed by atoms with Gasteiger partial charge in [-0.05, 0) is 50.5 Å². The Hall–Kier alpha value is -1.95. The number of nitrogens with one attached hydrogen (secondary N) is 1. The first-order valence-electron chi connectivity index (χ1n) is 8.60. The molecule has 3 heterocycles. The Morgan fingerprint density at radius 2 is 2.12 bits per heavy atom. The van der Waals surface area contributed by atoms with Crippen LogP contribution in [0.25, 0.3) is 0 Å². The van der Waals surface area contributed by atoms with Gasteiger partial charge in [-0.3, -0.25) is 4.79 Å². The molecule has 2 atom stereocenters.